The maximum atomic E-state index is 12.0. The third-order valence-electron chi connectivity index (χ3n) is 4.84. The molecule has 1 amide bonds. The molecule has 10 nitrogen and oxygen atoms in total. The van der Waals surface area contributed by atoms with Crippen molar-refractivity contribution in [1.29, 1.82) is 5.26 Å². The molecule has 0 aliphatic heterocycles. The lowest BCUT2D eigenvalue weighted by molar-refractivity contribution is -0.192. The van der Waals surface area contributed by atoms with Gasteiger partial charge in [0.1, 0.15) is 12.0 Å². The Morgan fingerprint density at radius 3 is 2.69 bits per heavy atom. The molecule has 1 unspecified atom stereocenters. The number of aromatic nitrogens is 5. The lowest BCUT2D eigenvalue weighted by Crippen LogP contribution is -2.21. The number of fused-ring (bicyclic) bond motifs is 1. The molecule has 0 bridgehead atoms. The van der Waals surface area contributed by atoms with Crippen LogP contribution in [0.15, 0.2) is 55.2 Å². The van der Waals surface area contributed by atoms with Crippen LogP contribution in [-0.2, 0) is 4.79 Å². The summed E-state index contributed by atoms with van der Waals surface area (Å²) in [4.78, 5) is 32.5. The monoisotopic (exact) mass is 485 g/mol. The van der Waals surface area contributed by atoms with Gasteiger partial charge in [-0.05, 0) is 23.8 Å². The Balaban J connectivity index is 0.000000429. The normalized spacial score (nSPS) is 11.7. The van der Waals surface area contributed by atoms with Gasteiger partial charge in [0.25, 0.3) is 5.91 Å². The molecule has 3 N–H and O–H groups in total. The molecule has 1 aromatic carbocycles. The van der Waals surface area contributed by atoms with Gasteiger partial charge in [-0.15, -0.1) is 0 Å². The molecule has 3 heterocycles. The fourth-order valence-corrected chi connectivity index (χ4v) is 3.22. The molecule has 0 spiro atoms. The summed E-state index contributed by atoms with van der Waals surface area (Å²) < 4.78 is 33.5. The lowest BCUT2D eigenvalue weighted by atomic mass is 10.0. The van der Waals surface area contributed by atoms with Gasteiger partial charge >= 0.3 is 12.1 Å². The van der Waals surface area contributed by atoms with E-state index in [0.717, 1.165) is 27.9 Å². The van der Waals surface area contributed by atoms with Gasteiger partial charge in [-0.1, -0.05) is 12.1 Å². The van der Waals surface area contributed by atoms with Crippen molar-refractivity contribution in [2.24, 2.45) is 0 Å². The van der Waals surface area contributed by atoms with E-state index in [2.05, 4.69) is 31.4 Å². The number of carboxylic acids is 1. The van der Waals surface area contributed by atoms with Gasteiger partial charge in [0.05, 0.1) is 30.4 Å². The van der Waals surface area contributed by atoms with Crippen LogP contribution in [0.3, 0.4) is 0 Å². The van der Waals surface area contributed by atoms with Crippen LogP contribution in [0.5, 0.6) is 0 Å². The first kappa shape index (κ1) is 24.9. The van der Waals surface area contributed by atoms with Gasteiger partial charge in [0, 0.05) is 36.0 Å². The maximum Gasteiger partial charge on any atom is 0.490 e. The van der Waals surface area contributed by atoms with E-state index in [-0.39, 0.29) is 18.4 Å². The summed E-state index contributed by atoms with van der Waals surface area (Å²) >= 11 is 0. The zero-order valence-corrected chi connectivity index (χ0v) is 18.1. The first-order chi connectivity index (χ1) is 16.7. The highest BCUT2D eigenvalue weighted by molar-refractivity contribution is 5.94. The molecular weight excluding hydrogens is 467 g/mol. The fraction of sp³-hybridized carbons (Fsp3) is 0.182. The van der Waals surface area contributed by atoms with Crippen LogP contribution < -0.4 is 5.32 Å². The summed E-state index contributed by atoms with van der Waals surface area (Å²) in [6.45, 7) is 0. The molecule has 180 valence electrons. The number of hydrogen-bond acceptors (Lipinski definition) is 6. The number of carbonyl (C=O) groups is 2. The van der Waals surface area contributed by atoms with Crippen molar-refractivity contribution in [3.8, 4) is 17.3 Å². The second-order valence-electron chi connectivity index (χ2n) is 7.06. The second-order valence-corrected chi connectivity index (χ2v) is 7.06. The van der Waals surface area contributed by atoms with Crippen molar-refractivity contribution < 1.29 is 27.9 Å². The third-order valence-corrected chi connectivity index (χ3v) is 4.84. The average molecular weight is 485 g/mol. The summed E-state index contributed by atoms with van der Waals surface area (Å²) in [5, 5.41) is 24.4. The molecule has 35 heavy (non-hydrogen) atoms. The zero-order chi connectivity index (χ0) is 25.6. The van der Waals surface area contributed by atoms with Gasteiger partial charge < -0.3 is 15.4 Å². The van der Waals surface area contributed by atoms with Crippen LogP contribution in [-0.4, -0.2) is 54.9 Å². The molecule has 0 aliphatic rings. The number of H-pyrrole nitrogens is 1. The summed E-state index contributed by atoms with van der Waals surface area (Å²) in [5.41, 5.74) is 3.74. The Bertz CT molecular complexity index is 1390. The van der Waals surface area contributed by atoms with Crippen LogP contribution in [0.4, 0.5) is 13.2 Å². The summed E-state index contributed by atoms with van der Waals surface area (Å²) in [6, 6.07) is 11.0. The molecule has 0 radical (unpaired) electrons. The number of nitriles is 1. The minimum absolute atomic E-state index is 0.172. The highest BCUT2D eigenvalue weighted by atomic mass is 19.4. The molecule has 0 saturated carbocycles. The van der Waals surface area contributed by atoms with E-state index in [0.29, 0.717) is 5.56 Å². The van der Waals surface area contributed by atoms with E-state index in [1.807, 2.05) is 30.6 Å². The largest absolute Gasteiger partial charge is 0.490 e. The first-order valence-electron chi connectivity index (χ1n) is 9.97. The Morgan fingerprint density at radius 1 is 1.29 bits per heavy atom. The molecule has 0 aliphatic carbocycles. The molecule has 4 rings (SSSR count). The number of carbonyl (C=O) groups excluding carboxylic acids is 1. The van der Waals surface area contributed by atoms with Crippen LogP contribution in [0.2, 0.25) is 0 Å². The van der Waals surface area contributed by atoms with Gasteiger partial charge in [-0.25, -0.2) is 14.8 Å². The summed E-state index contributed by atoms with van der Waals surface area (Å²) in [7, 11) is 1.59. The van der Waals surface area contributed by atoms with Gasteiger partial charge in [0.15, 0.2) is 0 Å². The van der Waals surface area contributed by atoms with Crippen molar-refractivity contribution in [3.63, 3.8) is 0 Å². The second kappa shape index (κ2) is 10.5. The number of benzene rings is 1. The van der Waals surface area contributed by atoms with E-state index in [1.54, 1.807) is 30.1 Å². The quantitative estimate of drug-likeness (QED) is 0.392. The molecular formula is C22H18F3N7O3. The average Bonchev–Trinajstić information content (AvgIpc) is 3.51. The number of amides is 1. The van der Waals surface area contributed by atoms with E-state index < -0.39 is 12.1 Å². The van der Waals surface area contributed by atoms with E-state index in [9.17, 15) is 23.2 Å². The molecule has 4 aromatic rings. The molecule has 0 saturated heterocycles. The molecule has 1 atom stereocenters. The zero-order valence-electron chi connectivity index (χ0n) is 18.1. The number of rotatable bonds is 5. The number of halogens is 3. The predicted molar refractivity (Wildman–Crippen MR) is 117 cm³/mol. The first-order valence-corrected chi connectivity index (χ1v) is 9.97. The smallest absolute Gasteiger partial charge is 0.475 e. The Labute approximate surface area is 196 Å². The number of aliphatic carboxylic acids is 1. The molecule has 3 aromatic heterocycles. The number of alkyl halides is 3. The third kappa shape index (κ3) is 5.80. The predicted octanol–water partition coefficient (Wildman–Crippen LogP) is 3.32. The Kier molecular flexibility index (Phi) is 7.45. The lowest BCUT2D eigenvalue weighted by Gasteiger charge is -2.15. The standard InChI is InChI=1S/C20H17N7O.C2HF3O2/c1-22-20(28)14-4-2-3-13(9-14)17(5-7-21)27-11-15(10-26-27)18-16-6-8-23-19(16)25-12-24-18;3-2(4,5)1(6)7/h2-4,6,8-12,17H,5H2,1H3,(H,22,28)(H,23,24,25);(H,6,7). The highest BCUT2D eigenvalue weighted by Gasteiger charge is 2.38. The molecule has 13 heteroatoms. The topological polar surface area (TPSA) is 150 Å². The van der Waals surface area contributed by atoms with E-state index >= 15 is 0 Å². The minimum atomic E-state index is -5.08. The number of nitrogens with zero attached hydrogens (tertiary/aromatic N) is 5. The van der Waals surface area contributed by atoms with Crippen molar-refractivity contribution in [2.45, 2.75) is 18.6 Å². The summed E-state index contributed by atoms with van der Waals surface area (Å²) in [6.07, 6.45) is 2.05. The highest BCUT2D eigenvalue weighted by Crippen LogP contribution is 2.28. The van der Waals surface area contributed by atoms with Crippen molar-refractivity contribution in [1.82, 2.24) is 30.0 Å². The van der Waals surface area contributed by atoms with Crippen LogP contribution >= 0.6 is 0 Å². The van der Waals surface area contributed by atoms with Crippen molar-refractivity contribution >= 4 is 22.9 Å². The summed E-state index contributed by atoms with van der Waals surface area (Å²) in [5.74, 6) is -2.93. The van der Waals surface area contributed by atoms with Gasteiger partial charge in [0.2, 0.25) is 0 Å². The van der Waals surface area contributed by atoms with Gasteiger partial charge in [-0.3, -0.25) is 9.48 Å². The van der Waals surface area contributed by atoms with Crippen LogP contribution in [0, 0.1) is 11.3 Å². The van der Waals surface area contributed by atoms with E-state index in [1.165, 1.54) is 6.33 Å². The maximum absolute atomic E-state index is 12.0. The SMILES string of the molecule is CNC(=O)c1cccc(C(CC#N)n2cc(-c3ncnc4[nH]ccc34)cn2)c1.O=C(O)C(F)(F)F. The fourth-order valence-electron chi connectivity index (χ4n) is 3.22. The Morgan fingerprint density at radius 2 is 2.03 bits per heavy atom. The number of hydrogen-bond donors (Lipinski definition) is 3. The minimum Gasteiger partial charge on any atom is -0.475 e. The van der Waals surface area contributed by atoms with Crippen molar-refractivity contribution in [3.05, 3.63) is 66.4 Å². The number of carboxylic acid groups (broad SMARTS) is 1. The van der Waals surface area contributed by atoms with Crippen LogP contribution in [0.1, 0.15) is 28.4 Å². The van der Waals surface area contributed by atoms with Crippen LogP contribution in [0.25, 0.3) is 22.3 Å². The molecule has 0 fully saturated rings. The number of nitrogens with one attached hydrogen (secondary N) is 2. The van der Waals surface area contributed by atoms with E-state index in [4.69, 9.17) is 9.90 Å². The van der Waals surface area contributed by atoms with Gasteiger partial charge in [-0.2, -0.15) is 23.5 Å². The number of aromatic amines is 1. The van der Waals surface area contributed by atoms with Crippen molar-refractivity contribution in [2.75, 3.05) is 7.05 Å². The Hall–Kier alpha value is -4.73.